The summed E-state index contributed by atoms with van der Waals surface area (Å²) in [7, 11) is 1.73. The molecule has 0 aliphatic carbocycles. The Morgan fingerprint density at radius 2 is 2.00 bits per heavy atom. The fourth-order valence-corrected chi connectivity index (χ4v) is 3.17. The molecule has 1 aliphatic heterocycles. The van der Waals surface area contributed by atoms with Crippen LogP contribution in [0.2, 0.25) is 0 Å². The lowest BCUT2D eigenvalue weighted by Crippen LogP contribution is -2.35. The van der Waals surface area contributed by atoms with E-state index in [4.69, 9.17) is 9.26 Å². The molecule has 0 saturated carbocycles. The topological polar surface area (TPSA) is 51.4 Å². The van der Waals surface area contributed by atoms with Crippen LogP contribution in [0, 0.1) is 0 Å². The van der Waals surface area contributed by atoms with Crippen LogP contribution >= 0.6 is 0 Å². The molecule has 114 valence electrons. The highest BCUT2D eigenvalue weighted by Crippen LogP contribution is 2.32. The van der Waals surface area contributed by atoms with Crippen LogP contribution in [0.3, 0.4) is 0 Å². The highest BCUT2D eigenvalue weighted by molar-refractivity contribution is 4.97. The first-order valence-corrected chi connectivity index (χ1v) is 7.72. The Labute approximate surface area is 121 Å². The lowest BCUT2D eigenvalue weighted by Gasteiger charge is -2.30. The predicted molar refractivity (Wildman–Crippen MR) is 77.5 cm³/mol. The van der Waals surface area contributed by atoms with Crippen LogP contribution in [0.1, 0.15) is 64.2 Å². The van der Waals surface area contributed by atoms with Crippen molar-refractivity contribution in [1.29, 1.82) is 0 Å². The summed E-state index contributed by atoms with van der Waals surface area (Å²) in [4.78, 5) is 7.05. The molecule has 0 spiro atoms. The second kappa shape index (κ2) is 7.18. The Bertz CT molecular complexity index is 398. The lowest BCUT2D eigenvalue weighted by atomic mass is 10.2. The summed E-state index contributed by atoms with van der Waals surface area (Å²) in [6.07, 6.45) is 5.45. The minimum absolute atomic E-state index is 0.211. The number of aromatic nitrogens is 2. The summed E-state index contributed by atoms with van der Waals surface area (Å²) < 4.78 is 10.5. The van der Waals surface area contributed by atoms with Gasteiger partial charge in [-0.2, -0.15) is 4.98 Å². The molecule has 2 rings (SSSR count). The van der Waals surface area contributed by atoms with Gasteiger partial charge < -0.3 is 9.26 Å². The maximum absolute atomic E-state index is 5.46. The first-order chi connectivity index (χ1) is 9.63. The molecule has 0 unspecified atom stereocenters. The molecule has 5 nitrogen and oxygen atoms in total. The summed E-state index contributed by atoms with van der Waals surface area (Å²) in [6.45, 7) is 7.52. The van der Waals surface area contributed by atoms with Crippen molar-refractivity contribution in [3.63, 3.8) is 0 Å². The first-order valence-electron chi connectivity index (χ1n) is 7.72. The van der Waals surface area contributed by atoms with E-state index < -0.39 is 0 Å². The number of nitrogens with zero attached hydrogens (tertiary/aromatic N) is 3. The minimum atomic E-state index is 0.211. The van der Waals surface area contributed by atoms with Crippen LogP contribution in [0.25, 0.3) is 0 Å². The zero-order valence-electron chi connectivity index (χ0n) is 13.1. The third kappa shape index (κ3) is 3.58. The number of hydrogen-bond donors (Lipinski definition) is 0. The monoisotopic (exact) mass is 281 g/mol. The molecule has 0 aromatic carbocycles. The summed E-state index contributed by atoms with van der Waals surface area (Å²) in [5, 5.41) is 4.10. The Balaban J connectivity index is 1.90. The van der Waals surface area contributed by atoms with Gasteiger partial charge in [0, 0.05) is 32.2 Å². The summed E-state index contributed by atoms with van der Waals surface area (Å²) in [6, 6.07) is 1.40. The van der Waals surface area contributed by atoms with Crippen molar-refractivity contribution in [1.82, 2.24) is 15.0 Å². The molecule has 0 amide bonds. The largest absolute Gasteiger partial charge is 0.385 e. The Hall–Kier alpha value is -0.940. The molecule has 1 fully saturated rings. The number of unbranched alkanes of at least 4 members (excludes halogenated alkanes) is 1. The van der Waals surface area contributed by atoms with Gasteiger partial charge in [-0.3, -0.25) is 4.90 Å². The molecule has 1 aromatic heterocycles. The van der Waals surface area contributed by atoms with E-state index in [1.54, 1.807) is 7.11 Å². The maximum atomic E-state index is 5.46. The van der Waals surface area contributed by atoms with E-state index >= 15 is 0 Å². The van der Waals surface area contributed by atoms with Crippen LogP contribution < -0.4 is 0 Å². The van der Waals surface area contributed by atoms with Gasteiger partial charge in [0.1, 0.15) is 0 Å². The molecule has 1 aliphatic rings. The van der Waals surface area contributed by atoms with Crippen molar-refractivity contribution < 1.29 is 9.26 Å². The minimum Gasteiger partial charge on any atom is -0.385 e. The SMILES string of the molecule is COCCCCc1noc([C@H](C)N2[C@H](C)CC[C@H]2C)n1. The van der Waals surface area contributed by atoms with Crippen molar-refractivity contribution in [3.05, 3.63) is 11.7 Å². The fourth-order valence-electron chi connectivity index (χ4n) is 3.17. The van der Waals surface area contributed by atoms with Crippen LogP contribution in [0.4, 0.5) is 0 Å². The number of aryl methyl sites for hydroxylation is 1. The normalized spacial score (nSPS) is 25.2. The molecule has 0 N–H and O–H groups in total. The second-order valence-electron chi connectivity index (χ2n) is 5.90. The molecule has 1 saturated heterocycles. The van der Waals surface area contributed by atoms with E-state index in [9.17, 15) is 0 Å². The second-order valence-corrected chi connectivity index (χ2v) is 5.90. The van der Waals surface area contributed by atoms with Crippen LogP contribution in [-0.4, -0.2) is 40.8 Å². The van der Waals surface area contributed by atoms with E-state index in [-0.39, 0.29) is 6.04 Å². The van der Waals surface area contributed by atoms with Crippen LogP contribution in [-0.2, 0) is 11.2 Å². The highest BCUT2D eigenvalue weighted by Gasteiger charge is 2.34. The quantitative estimate of drug-likeness (QED) is 0.719. The number of ether oxygens (including phenoxy) is 1. The Morgan fingerprint density at radius 3 is 2.65 bits per heavy atom. The van der Waals surface area contributed by atoms with E-state index in [2.05, 4.69) is 35.8 Å². The molecule has 2 heterocycles. The first kappa shape index (κ1) is 15.4. The summed E-state index contributed by atoms with van der Waals surface area (Å²) in [5.41, 5.74) is 0. The van der Waals surface area contributed by atoms with Gasteiger partial charge in [-0.25, -0.2) is 0 Å². The van der Waals surface area contributed by atoms with Crippen molar-refractivity contribution in [2.24, 2.45) is 0 Å². The lowest BCUT2D eigenvalue weighted by molar-refractivity contribution is 0.128. The zero-order chi connectivity index (χ0) is 14.5. The summed E-state index contributed by atoms with van der Waals surface area (Å²) >= 11 is 0. The van der Waals surface area contributed by atoms with Crippen LogP contribution in [0.15, 0.2) is 4.52 Å². The van der Waals surface area contributed by atoms with Gasteiger partial charge in [-0.1, -0.05) is 5.16 Å². The number of methoxy groups -OCH3 is 1. The fraction of sp³-hybridized carbons (Fsp3) is 0.867. The van der Waals surface area contributed by atoms with Crippen molar-refractivity contribution >= 4 is 0 Å². The molecular weight excluding hydrogens is 254 g/mol. The van der Waals surface area contributed by atoms with E-state index in [0.717, 1.165) is 37.6 Å². The van der Waals surface area contributed by atoms with Gasteiger partial charge in [-0.15, -0.1) is 0 Å². The van der Waals surface area contributed by atoms with Gasteiger partial charge in [0.25, 0.3) is 0 Å². The number of rotatable bonds is 7. The van der Waals surface area contributed by atoms with E-state index in [1.165, 1.54) is 12.8 Å². The average Bonchev–Trinajstić information content (AvgIpc) is 3.02. The highest BCUT2D eigenvalue weighted by atomic mass is 16.5. The van der Waals surface area contributed by atoms with Gasteiger partial charge in [0.15, 0.2) is 5.82 Å². The smallest absolute Gasteiger partial charge is 0.243 e. The van der Waals surface area contributed by atoms with Gasteiger partial charge in [-0.05, 0) is 46.5 Å². The molecular formula is C15H27N3O2. The molecule has 0 radical (unpaired) electrons. The molecule has 1 aromatic rings. The van der Waals surface area contributed by atoms with Gasteiger partial charge in [0.05, 0.1) is 6.04 Å². The van der Waals surface area contributed by atoms with E-state index in [0.29, 0.717) is 12.1 Å². The van der Waals surface area contributed by atoms with Crippen molar-refractivity contribution in [2.45, 2.75) is 71.0 Å². The zero-order valence-corrected chi connectivity index (χ0v) is 13.1. The molecule has 0 bridgehead atoms. The van der Waals surface area contributed by atoms with Gasteiger partial charge in [0.2, 0.25) is 5.89 Å². The van der Waals surface area contributed by atoms with Gasteiger partial charge >= 0.3 is 0 Å². The summed E-state index contributed by atoms with van der Waals surface area (Å²) in [5.74, 6) is 1.58. The molecule has 20 heavy (non-hydrogen) atoms. The van der Waals surface area contributed by atoms with Crippen molar-refractivity contribution in [3.8, 4) is 0 Å². The third-order valence-corrected chi connectivity index (χ3v) is 4.31. The Morgan fingerprint density at radius 1 is 1.30 bits per heavy atom. The third-order valence-electron chi connectivity index (χ3n) is 4.31. The predicted octanol–water partition coefficient (Wildman–Crippen LogP) is 2.97. The van der Waals surface area contributed by atoms with E-state index in [1.807, 2.05) is 0 Å². The number of hydrogen-bond acceptors (Lipinski definition) is 5. The van der Waals surface area contributed by atoms with Crippen molar-refractivity contribution in [2.75, 3.05) is 13.7 Å². The number of likely N-dealkylation sites (tertiary alicyclic amines) is 1. The molecule has 5 heteroatoms. The van der Waals surface area contributed by atoms with Crippen LogP contribution in [0.5, 0.6) is 0 Å². The molecule has 3 atom stereocenters. The maximum Gasteiger partial charge on any atom is 0.243 e. The standard InChI is InChI=1S/C15H27N3O2/c1-11-8-9-12(2)18(11)13(3)15-16-14(17-20-15)7-5-6-10-19-4/h11-13H,5-10H2,1-4H3/t11-,12-,13+/m1/s1. The Kier molecular flexibility index (Phi) is 5.54. The average molecular weight is 281 g/mol.